The number of aliphatic hydroxyl groups is 4. The van der Waals surface area contributed by atoms with Gasteiger partial charge in [-0.25, -0.2) is 0 Å². The molecular weight excluding hydrogens is 717 g/mol. The molecule has 0 bridgehead atoms. The summed E-state index contributed by atoms with van der Waals surface area (Å²) in [4.78, 5) is 26.3. The second kappa shape index (κ2) is 15.3. The van der Waals surface area contributed by atoms with Crippen LogP contribution in [0.2, 0.25) is 0 Å². The second-order valence-corrected chi connectivity index (χ2v) is 23.2. The highest BCUT2D eigenvalue weighted by atomic mass is 16.5. The number of esters is 1. The van der Waals surface area contributed by atoms with Crippen LogP contribution in [0.5, 0.6) is 0 Å². The number of carbonyl (C=O) groups excluding carboxylic acids is 1. The lowest BCUT2D eigenvalue weighted by Gasteiger charge is -2.64. The fourth-order valence-electron chi connectivity index (χ4n) is 18.1. The van der Waals surface area contributed by atoms with Gasteiger partial charge in [0.1, 0.15) is 6.10 Å². The minimum absolute atomic E-state index is 0.00796. The lowest BCUT2D eigenvalue weighted by molar-refractivity contribution is -0.216. The van der Waals surface area contributed by atoms with Crippen LogP contribution in [-0.2, 0) is 14.3 Å². The third-order valence-corrected chi connectivity index (χ3v) is 21.2. The van der Waals surface area contributed by atoms with Crippen molar-refractivity contribution in [2.75, 3.05) is 0 Å². The predicted octanol–water partition coefficient (Wildman–Crippen LogP) is 8.65. The first-order chi connectivity index (χ1) is 26.9. The van der Waals surface area contributed by atoms with E-state index in [0.29, 0.717) is 31.1 Å². The van der Waals surface area contributed by atoms with Gasteiger partial charge < -0.3 is 30.3 Å². The molecule has 0 heterocycles. The Labute approximate surface area is 344 Å². The maximum absolute atomic E-state index is 14.9. The SMILES string of the molecule is CCC[C@@H](C)[C@H]1CCC2C3C(C(=O)O[C@@H]4CC[C@@]5(C)[C@@H](C4)C[C@@H](O)[C@@H]4[C@@H]5C[C@H](O)[C@]5(C)[C@@H]([C@H](C)CCC(=O)O)CC[C@@H]45)C[C@@H]4C[C@H](O)CC[C@]4(C)C3C[C@H](O)[C@@]21C. The average molecular weight is 797 g/mol. The Hall–Kier alpha value is -1.22. The van der Waals surface area contributed by atoms with Crippen LogP contribution in [0.4, 0.5) is 0 Å². The molecule has 324 valence electrons. The number of aliphatic carboxylic acids is 1. The minimum Gasteiger partial charge on any atom is -0.481 e. The summed E-state index contributed by atoms with van der Waals surface area (Å²) in [7, 11) is 0. The molecule has 8 heteroatoms. The van der Waals surface area contributed by atoms with Gasteiger partial charge in [0.25, 0.3) is 0 Å². The minimum atomic E-state index is -0.764. The Bertz CT molecular complexity index is 1500. The fourth-order valence-corrected chi connectivity index (χ4v) is 18.1. The van der Waals surface area contributed by atoms with Crippen molar-refractivity contribution in [1.82, 2.24) is 0 Å². The smallest absolute Gasteiger partial charge is 0.309 e. The van der Waals surface area contributed by atoms with E-state index < -0.39 is 18.2 Å². The predicted molar refractivity (Wildman–Crippen MR) is 219 cm³/mol. The van der Waals surface area contributed by atoms with Gasteiger partial charge in [0.15, 0.2) is 0 Å². The lowest BCUT2D eigenvalue weighted by Crippen LogP contribution is -2.63. The molecule has 0 amide bonds. The summed E-state index contributed by atoms with van der Waals surface area (Å²) in [6.45, 7) is 16.2. The van der Waals surface area contributed by atoms with E-state index in [-0.39, 0.29) is 117 Å². The Balaban J connectivity index is 1.00. The van der Waals surface area contributed by atoms with Crippen molar-refractivity contribution in [3.05, 3.63) is 0 Å². The normalized spacial score (nSPS) is 53.9. The number of carboxylic acids is 1. The molecule has 4 unspecified atom stereocenters. The fraction of sp³-hybridized carbons (Fsp3) is 0.959. The molecule has 57 heavy (non-hydrogen) atoms. The molecule has 0 aromatic rings. The molecule has 0 aliphatic heterocycles. The Morgan fingerprint density at radius 3 is 1.79 bits per heavy atom. The first kappa shape index (κ1) is 42.5. The molecule has 8 rings (SSSR count). The average Bonchev–Trinajstić information content (AvgIpc) is 3.71. The maximum atomic E-state index is 14.9. The highest BCUT2D eigenvalue weighted by Crippen LogP contribution is 2.71. The number of aliphatic hydroxyl groups excluding tert-OH is 4. The molecule has 8 fully saturated rings. The van der Waals surface area contributed by atoms with Crippen molar-refractivity contribution in [3.8, 4) is 0 Å². The van der Waals surface area contributed by atoms with Crippen molar-refractivity contribution in [2.45, 2.75) is 195 Å². The third kappa shape index (κ3) is 6.54. The summed E-state index contributed by atoms with van der Waals surface area (Å²) < 4.78 is 6.76. The largest absolute Gasteiger partial charge is 0.481 e. The quantitative estimate of drug-likeness (QED) is 0.146. The summed E-state index contributed by atoms with van der Waals surface area (Å²) >= 11 is 0. The van der Waals surface area contributed by atoms with E-state index in [1.807, 2.05) is 0 Å². The Morgan fingerprint density at radius 2 is 1.19 bits per heavy atom. The number of hydrogen-bond acceptors (Lipinski definition) is 7. The molecule has 8 aliphatic carbocycles. The molecule has 0 aromatic carbocycles. The van der Waals surface area contributed by atoms with E-state index in [2.05, 4.69) is 48.5 Å². The van der Waals surface area contributed by atoms with Crippen molar-refractivity contribution < 1.29 is 39.9 Å². The molecule has 8 nitrogen and oxygen atoms in total. The number of carbonyl (C=O) groups is 2. The molecule has 8 aliphatic rings. The summed E-state index contributed by atoms with van der Waals surface area (Å²) in [5.41, 5.74) is -0.567. The highest BCUT2D eigenvalue weighted by Gasteiger charge is 2.68. The van der Waals surface area contributed by atoms with E-state index >= 15 is 0 Å². The highest BCUT2D eigenvalue weighted by molar-refractivity contribution is 5.73. The summed E-state index contributed by atoms with van der Waals surface area (Å²) in [6, 6.07) is 0. The van der Waals surface area contributed by atoms with Gasteiger partial charge in [0.2, 0.25) is 0 Å². The number of fused-ring (bicyclic) bond motifs is 10. The number of ether oxygens (including phenoxy) is 1. The van der Waals surface area contributed by atoms with Crippen LogP contribution in [0, 0.1) is 98.6 Å². The van der Waals surface area contributed by atoms with Crippen molar-refractivity contribution in [2.24, 2.45) is 98.6 Å². The van der Waals surface area contributed by atoms with Gasteiger partial charge in [-0.15, -0.1) is 0 Å². The summed E-state index contributed by atoms with van der Waals surface area (Å²) in [5.74, 6) is 2.15. The van der Waals surface area contributed by atoms with Crippen LogP contribution < -0.4 is 0 Å². The van der Waals surface area contributed by atoms with Gasteiger partial charge in [0.05, 0.1) is 30.3 Å². The topological polar surface area (TPSA) is 145 Å². The van der Waals surface area contributed by atoms with Crippen LogP contribution in [0.25, 0.3) is 0 Å². The molecule has 0 aromatic heterocycles. The molecule has 0 saturated heterocycles. The van der Waals surface area contributed by atoms with E-state index in [1.165, 1.54) is 6.42 Å². The zero-order valence-electron chi connectivity index (χ0n) is 36.6. The van der Waals surface area contributed by atoms with Crippen LogP contribution in [0.15, 0.2) is 0 Å². The lowest BCUT2D eigenvalue weighted by atomic mass is 9.41. The van der Waals surface area contributed by atoms with Gasteiger partial charge >= 0.3 is 11.9 Å². The zero-order valence-corrected chi connectivity index (χ0v) is 36.6. The molecular formula is C49H80O8. The Kier molecular flexibility index (Phi) is 11.4. The first-order valence-electron chi connectivity index (χ1n) is 24.0. The summed E-state index contributed by atoms with van der Waals surface area (Å²) in [6.07, 6.45) is 13.3. The number of hydrogen-bond donors (Lipinski definition) is 5. The summed E-state index contributed by atoms with van der Waals surface area (Å²) in [5, 5.41) is 56.6. The van der Waals surface area contributed by atoms with Crippen molar-refractivity contribution >= 4 is 11.9 Å². The van der Waals surface area contributed by atoms with E-state index in [9.17, 15) is 35.1 Å². The van der Waals surface area contributed by atoms with Gasteiger partial charge in [0, 0.05) is 6.42 Å². The van der Waals surface area contributed by atoms with Crippen LogP contribution in [0.3, 0.4) is 0 Å². The molecule has 8 saturated carbocycles. The van der Waals surface area contributed by atoms with Crippen molar-refractivity contribution in [1.29, 1.82) is 0 Å². The van der Waals surface area contributed by atoms with Crippen LogP contribution in [-0.4, -0.2) is 68.0 Å². The zero-order chi connectivity index (χ0) is 41.0. The standard InChI is InChI=1S/C49H80O8/c1-8-9-26(2)33-11-13-35-43-32(22-28-20-30(50)16-18-46(28,4)37(43)24-40(52)48(33,35)6)45(56)57-31-17-19-47(5)29(21-31)23-39(51)44-36-14-12-34(27(3)10-15-42(54)55)49(36,7)41(53)25-38(44)47/h26-41,43-44,50-53H,8-25H2,1-7H3,(H,54,55)/t26-,27-,28+,29+,30-,31-,32?,33-,34-,35?,36+,37?,38+,39-,40+,41+,43?,44+,46+,47+,48-,49-/m1/s1. The van der Waals surface area contributed by atoms with Gasteiger partial charge in [-0.1, -0.05) is 61.3 Å². The van der Waals surface area contributed by atoms with Gasteiger partial charge in [-0.2, -0.15) is 0 Å². The number of carboxylic acid groups (broad SMARTS) is 1. The van der Waals surface area contributed by atoms with Crippen LogP contribution >= 0.6 is 0 Å². The van der Waals surface area contributed by atoms with Gasteiger partial charge in [-0.05, 0) is 189 Å². The molecule has 0 spiro atoms. The number of rotatable bonds is 9. The maximum Gasteiger partial charge on any atom is 0.309 e. The first-order valence-corrected chi connectivity index (χ1v) is 24.0. The van der Waals surface area contributed by atoms with Gasteiger partial charge in [-0.3, -0.25) is 9.59 Å². The van der Waals surface area contributed by atoms with E-state index in [1.54, 1.807) is 0 Å². The second-order valence-electron chi connectivity index (χ2n) is 23.2. The van der Waals surface area contributed by atoms with E-state index in [4.69, 9.17) is 4.74 Å². The molecule has 5 N–H and O–H groups in total. The van der Waals surface area contributed by atoms with E-state index in [0.717, 1.165) is 83.5 Å². The molecule has 0 radical (unpaired) electrons. The third-order valence-electron chi connectivity index (χ3n) is 21.2. The molecule has 22 atom stereocenters. The monoisotopic (exact) mass is 797 g/mol. The Morgan fingerprint density at radius 1 is 0.649 bits per heavy atom. The van der Waals surface area contributed by atoms with Crippen molar-refractivity contribution in [3.63, 3.8) is 0 Å². The van der Waals surface area contributed by atoms with Crippen LogP contribution in [0.1, 0.15) is 164 Å².